The van der Waals surface area contributed by atoms with Crippen molar-refractivity contribution in [3.63, 3.8) is 0 Å². The highest BCUT2D eigenvalue weighted by Gasteiger charge is 2.15. The second-order valence-electron chi connectivity index (χ2n) is 7.21. The van der Waals surface area contributed by atoms with Gasteiger partial charge in [-0.25, -0.2) is 9.67 Å². The van der Waals surface area contributed by atoms with Crippen LogP contribution in [0.2, 0.25) is 0 Å². The van der Waals surface area contributed by atoms with Crippen LogP contribution < -0.4 is 10.9 Å². The highest BCUT2D eigenvalue weighted by Crippen LogP contribution is 2.13. The van der Waals surface area contributed by atoms with Gasteiger partial charge in [-0.15, -0.1) is 5.10 Å². The molecule has 31 heavy (non-hydrogen) atoms. The minimum absolute atomic E-state index is 0.0995. The van der Waals surface area contributed by atoms with Gasteiger partial charge in [-0.3, -0.25) is 19.0 Å². The van der Waals surface area contributed by atoms with Crippen LogP contribution in [0.1, 0.15) is 28.4 Å². The number of fused-ring (bicyclic) bond motifs is 1. The number of hydrogen-bond acceptors (Lipinski definition) is 6. The van der Waals surface area contributed by atoms with Crippen LogP contribution in [0.5, 0.6) is 0 Å². The SMILES string of the molecule is CC(=O)c1cccc(NC(=O)Cn2cnc3c(nnn3Cc3ccccc3C)c2=O)c1. The molecule has 0 aliphatic carbocycles. The zero-order valence-electron chi connectivity index (χ0n) is 17.1. The second kappa shape index (κ2) is 8.31. The van der Waals surface area contributed by atoms with E-state index in [9.17, 15) is 14.4 Å². The molecular formula is C22H20N6O3. The molecular weight excluding hydrogens is 396 g/mol. The van der Waals surface area contributed by atoms with E-state index in [4.69, 9.17) is 0 Å². The summed E-state index contributed by atoms with van der Waals surface area (Å²) < 4.78 is 2.75. The van der Waals surface area contributed by atoms with Crippen molar-refractivity contribution in [3.05, 3.63) is 81.9 Å². The standard InChI is InChI=1S/C22H20N6O3/c1-14-6-3-4-7-17(14)11-28-21-20(25-26-28)22(31)27(13-23-21)12-19(30)24-18-9-5-8-16(10-18)15(2)29/h3-10,13H,11-12H2,1-2H3,(H,24,30). The zero-order chi connectivity index (χ0) is 22.0. The molecule has 156 valence electrons. The number of ketones is 1. The van der Waals surface area contributed by atoms with E-state index in [1.54, 1.807) is 28.9 Å². The van der Waals surface area contributed by atoms with Crippen LogP contribution in [0.3, 0.4) is 0 Å². The number of hydrogen-bond donors (Lipinski definition) is 1. The molecule has 0 radical (unpaired) electrons. The van der Waals surface area contributed by atoms with E-state index in [0.717, 1.165) is 11.1 Å². The molecule has 0 aliphatic rings. The Labute approximate surface area is 177 Å². The molecule has 0 unspecified atom stereocenters. The molecule has 2 heterocycles. The number of amides is 1. The van der Waals surface area contributed by atoms with Crippen molar-refractivity contribution in [1.29, 1.82) is 0 Å². The lowest BCUT2D eigenvalue weighted by molar-refractivity contribution is -0.116. The number of carbonyl (C=O) groups is 2. The van der Waals surface area contributed by atoms with Crippen LogP contribution in [0.4, 0.5) is 5.69 Å². The molecule has 4 aromatic rings. The minimum atomic E-state index is -0.450. The van der Waals surface area contributed by atoms with Gasteiger partial charge >= 0.3 is 0 Å². The Morgan fingerprint density at radius 2 is 1.90 bits per heavy atom. The van der Waals surface area contributed by atoms with Crippen LogP contribution >= 0.6 is 0 Å². The third-order valence-corrected chi connectivity index (χ3v) is 4.94. The third-order valence-electron chi connectivity index (χ3n) is 4.94. The highest BCUT2D eigenvalue weighted by atomic mass is 16.2. The Hall–Kier alpha value is -4.14. The Balaban J connectivity index is 1.54. The average molecular weight is 416 g/mol. The average Bonchev–Trinajstić information content (AvgIpc) is 3.15. The quantitative estimate of drug-likeness (QED) is 0.482. The smallest absolute Gasteiger partial charge is 0.283 e. The van der Waals surface area contributed by atoms with Crippen molar-refractivity contribution >= 4 is 28.5 Å². The number of nitrogens with zero attached hydrogens (tertiary/aromatic N) is 5. The number of carbonyl (C=O) groups excluding carboxylic acids is 2. The largest absolute Gasteiger partial charge is 0.325 e. The summed E-state index contributed by atoms with van der Waals surface area (Å²) >= 11 is 0. The van der Waals surface area contributed by atoms with E-state index < -0.39 is 11.5 Å². The fraction of sp³-hybridized carbons (Fsp3) is 0.182. The first-order valence-corrected chi connectivity index (χ1v) is 9.66. The summed E-state index contributed by atoms with van der Waals surface area (Å²) in [6, 6.07) is 14.5. The molecule has 0 atom stereocenters. The Bertz CT molecular complexity index is 1350. The molecule has 0 saturated heterocycles. The lowest BCUT2D eigenvalue weighted by Crippen LogP contribution is -2.28. The number of Topliss-reactive ketones (excluding diaryl/α,β-unsaturated/α-hetero) is 1. The molecule has 0 aliphatic heterocycles. The summed E-state index contributed by atoms with van der Waals surface area (Å²) in [4.78, 5) is 41.0. The maximum Gasteiger partial charge on any atom is 0.283 e. The predicted octanol–water partition coefficient (Wildman–Crippen LogP) is 2.19. The molecule has 0 fully saturated rings. The van der Waals surface area contributed by atoms with Gasteiger partial charge in [0.25, 0.3) is 5.56 Å². The topological polar surface area (TPSA) is 112 Å². The van der Waals surface area contributed by atoms with Crippen LogP contribution in [-0.2, 0) is 17.9 Å². The van der Waals surface area contributed by atoms with Gasteiger partial charge in [0.2, 0.25) is 5.91 Å². The van der Waals surface area contributed by atoms with Crippen LogP contribution in [0.15, 0.2) is 59.7 Å². The molecule has 1 N–H and O–H groups in total. The summed E-state index contributed by atoms with van der Waals surface area (Å²) in [5.74, 6) is -0.521. The number of nitrogens with one attached hydrogen (secondary N) is 1. The lowest BCUT2D eigenvalue weighted by Gasteiger charge is -2.08. The molecule has 0 bridgehead atoms. The predicted molar refractivity (Wildman–Crippen MR) is 115 cm³/mol. The van der Waals surface area contributed by atoms with E-state index in [1.807, 2.05) is 31.2 Å². The van der Waals surface area contributed by atoms with Crippen molar-refractivity contribution in [3.8, 4) is 0 Å². The molecule has 2 aromatic heterocycles. The van der Waals surface area contributed by atoms with Crippen LogP contribution in [0.25, 0.3) is 11.2 Å². The Kier molecular flexibility index (Phi) is 5.40. The van der Waals surface area contributed by atoms with Crippen molar-refractivity contribution < 1.29 is 9.59 Å². The number of aryl methyl sites for hydroxylation is 1. The van der Waals surface area contributed by atoms with Gasteiger partial charge in [-0.1, -0.05) is 41.6 Å². The van der Waals surface area contributed by atoms with Gasteiger partial charge in [0.15, 0.2) is 16.9 Å². The van der Waals surface area contributed by atoms with Crippen molar-refractivity contribution in [2.45, 2.75) is 26.9 Å². The van der Waals surface area contributed by atoms with Gasteiger partial charge in [-0.05, 0) is 37.1 Å². The number of anilines is 1. The Morgan fingerprint density at radius 3 is 2.68 bits per heavy atom. The first kappa shape index (κ1) is 20.1. The third kappa shape index (κ3) is 4.25. The number of rotatable bonds is 6. The maximum atomic E-state index is 12.8. The molecule has 0 saturated carbocycles. The molecule has 9 heteroatoms. The second-order valence-corrected chi connectivity index (χ2v) is 7.21. The number of benzene rings is 2. The van der Waals surface area contributed by atoms with E-state index in [-0.39, 0.29) is 17.8 Å². The van der Waals surface area contributed by atoms with Gasteiger partial charge in [-0.2, -0.15) is 0 Å². The highest BCUT2D eigenvalue weighted by molar-refractivity contribution is 5.97. The van der Waals surface area contributed by atoms with Gasteiger partial charge in [0, 0.05) is 11.3 Å². The maximum absolute atomic E-state index is 12.8. The van der Waals surface area contributed by atoms with Gasteiger partial charge in [0.05, 0.1) is 6.54 Å². The minimum Gasteiger partial charge on any atom is -0.325 e. The first-order chi connectivity index (χ1) is 14.9. The van der Waals surface area contributed by atoms with E-state index in [1.165, 1.54) is 17.8 Å². The summed E-state index contributed by atoms with van der Waals surface area (Å²) in [5, 5.41) is 10.7. The monoisotopic (exact) mass is 416 g/mol. The first-order valence-electron chi connectivity index (χ1n) is 9.66. The molecule has 4 rings (SSSR count). The summed E-state index contributed by atoms with van der Waals surface area (Å²) in [5.41, 5.74) is 3.12. The van der Waals surface area contributed by atoms with Crippen LogP contribution in [0, 0.1) is 6.92 Å². The van der Waals surface area contributed by atoms with Crippen molar-refractivity contribution in [1.82, 2.24) is 24.5 Å². The molecule has 1 amide bonds. The van der Waals surface area contributed by atoms with Crippen LogP contribution in [-0.4, -0.2) is 36.2 Å². The van der Waals surface area contributed by atoms with Crippen molar-refractivity contribution in [2.24, 2.45) is 0 Å². The summed E-state index contributed by atoms with van der Waals surface area (Å²) in [6.45, 7) is 3.65. The fourth-order valence-electron chi connectivity index (χ4n) is 3.23. The normalized spacial score (nSPS) is 10.9. The van der Waals surface area contributed by atoms with E-state index in [0.29, 0.717) is 23.4 Å². The van der Waals surface area contributed by atoms with Crippen molar-refractivity contribution in [2.75, 3.05) is 5.32 Å². The molecule has 0 spiro atoms. The molecule has 9 nitrogen and oxygen atoms in total. The lowest BCUT2D eigenvalue weighted by atomic mass is 10.1. The summed E-state index contributed by atoms with van der Waals surface area (Å²) in [6.07, 6.45) is 1.31. The number of aromatic nitrogens is 5. The molecule has 2 aromatic carbocycles. The van der Waals surface area contributed by atoms with Gasteiger partial charge in [0.1, 0.15) is 12.9 Å². The zero-order valence-corrected chi connectivity index (χ0v) is 17.1. The van der Waals surface area contributed by atoms with Gasteiger partial charge < -0.3 is 5.32 Å². The summed E-state index contributed by atoms with van der Waals surface area (Å²) in [7, 11) is 0. The van der Waals surface area contributed by atoms with E-state index >= 15 is 0 Å². The van der Waals surface area contributed by atoms with E-state index in [2.05, 4.69) is 20.6 Å². The Morgan fingerprint density at radius 1 is 1.10 bits per heavy atom. The fourth-order valence-corrected chi connectivity index (χ4v) is 3.23.